The first-order valence-corrected chi connectivity index (χ1v) is 4.89. The third kappa shape index (κ3) is 3.53. The summed E-state index contributed by atoms with van der Waals surface area (Å²) in [5.74, 6) is 0.201. The minimum atomic E-state index is -0.334. The van der Waals surface area contributed by atoms with Gasteiger partial charge >= 0.3 is 0 Å². The summed E-state index contributed by atoms with van der Waals surface area (Å²) in [5.41, 5.74) is 6.31. The highest BCUT2D eigenvalue weighted by atomic mass is 35.5. The summed E-state index contributed by atoms with van der Waals surface area (Å²) in [6, 6.07) is 3.92. The Balaban J connectivity index is 2.90. The number of rotatable bonds is 4. The maximum atomic E-state index is 13.0. The first kappa shape index (κ1) is 12.0. The van der Waals surface area contributed by atoms with Gasteiger partial charge in [0.05, 0.1) is 0 Å². The lowest BCUT2D eigenvalue weighted by atomic mass is 10.1. The Labute approximate surface area is 93.5 Å². The lowest BCUT2D eigenvalue weighted by molar-refractivity contribution is 0.352. The van der Waals surface area contributed by atoms with Crippen LogP contribution in [0.4, 0.5) is 4.39 Å². The van der Waals surface area contributed by atoms with Crippen molar-refractivity contribution in [1.82, 2.24) is 0 Å². The Hall–Kier alpha value is -1.06. The molecule has 0 aliphatic carbocycles. The molecule has 1 aromatic carbocycles. The van der Waals surface area contributed by atoms with Crippen LogP contribution in [-0.4, -0.2) is 6.61 Å². The van der Waals surface area contributed by atoms with Gasteiger partial charge in [-0.2, -0.15) is 0 Å². The fourth-order valence-corrected chi connectivity index (χ4v) is 1.22. The van der Waals surface area contributed by atoms with Gasteiger partial charge in [0.1, 0.15) is 18.2 Å². The first-order chi connectivity index (χ1) is 7.00. The van der Waals surface area contributed by atoms with Crippen LogP contribution in [0.25, 0.3) is 0 Å². The molecule has 0 unspecified atom stereocenters. The van der Waals surface area contributed by atoms with Crippen LogP contribution in [0, 0.1) is 5.82 Å². The molecule has 82 valence electrons. The second-order valence-corrected chi connectivity index (χ2v) is 3.81. The van der Waals surface area contributed by atoms with E-state index in [0.717, 1.165) is 0 Å². The molecule has 0 amide bonds. The Morgan fingerprint density at radius 2 is 2.33 bits per heavy atom. The molecule has 0 aromatic heterocycles. The van der Waals surface area contributed by atoms with E-state index in [1.165, 1.54) is 18.2 Å². The zero-order chi connectivity index (χ0) is 11.4. The van der Waals surface area contributed by atoms with E-state index in [4.69, 9.17) is 22.1 Å². The van der Waals surface area contributed by atoms with Crippen LogP contribution >= 0.6 is 11.6 Å². The van der Waals surface area contributed by atoms with Gasteiger partial charge in [0.25, 0.3) is 0 Å². The predicted molar refractivity (Wildman–Crippen MR) is 59.5 cm³/mol. The largest absolute Gasteiger partial charge is 0.488 e. The summed E-state index contributed by atoms with van der Waals surface area (Å²) in [6.45, 7) is 5.45. The summed E-state index contributed by atoms with van der Waals surface area (Å²) < 4.78 is 18.3. The molecule has 0 radical (unpaired) electrons. The van der Waals surface area contributed by atoms with Gasteiger partial charge in [-0.15, -0.1) is 0 Å². The highest BCUT2D eigenvalue weighted by Crippen LogP contribution is 2.25. The Kier molecular flexibility index (Phi) is 4.12. The molecule has 0 heterocycles. The highest BCUT2D eigenvalue weighted by Gasteiger charge is 2.09. The van der Waals surface area contributed by atoms with Gasteiger partial charge in [-0.05, 0) is 25.1 Å². The molecule has 0 saturated carbocycles. The summed E-state index contributed by atoms with van der Waals surface area (Å²) in [4.78, 5) is 0. The number of benzene rings is 1. The molecule has 0 saturated heterocycles. The van der Waals surface area contributed by atoms with Crippen LogP contribution in [0.2, 0.25) is 0 Å². The Bertz CT molecular complexity index is 366. The van der Waals surface area contributed by atoms with Crippen LogP contribution in [0.5, 0.6) is 5.75 Å². The van der Waals surface area contributed by atoms with Gasteiger partial charge in [-0.3, -0.25) is 0 Å². The minimum absolute atomic E-state index is 0.187. The molecule has 0 spiro atoms. The van der Waals surface area contributed by atoms with E-state index < -0.39 is 0 Å². The van der Waals surface area contributed by atoms with Crippen molar-refractivity contribution < 1.29 is 9.13 Å². The molecule has 1 aromatic rings. The van der Waals surface area contributed by atoms with Crippen LogP contribution in [0.1, 0.15) is 18.5 Å². The zero-order valence-corrected chi connectivity index (χ0v) is 9.22. The van der Waals surface area contributed by atoms with E-state index in [-0.39, 0.29) is 18.5 Å². The SMILES string of the molecule is C=C(Cl)COc1ccc(F)cc1[C@H](C)N. The first-order valence-electron chi connectivity index (χ1n) is 4.52. The maximum absolute atomic E-state index is 13.0. The topological polar surface area (TPSA) is 35.2 Å². The van der Waals surface area contributed by atoms with Crippen LogP contribution in [0.3, 0.4) is 0 Å². The van der Waals surface area contributed by atoms with Crippen LogP contribution in [-0.2, 0) is 0 Å². The minimum Gasteiger partial charge on any atom is -0.488 e. The van der Waals surface area contributed by atoms with Gasteiger partial charge in [-0.25, -0.2) is 4.39 Å². The molecule has 0 aliphatic heterocycles. The molecular weight excluding hydrogens is 217 g/mol. The number of hydrogen-bond acceptors (Lipinski definition) is 2. The molecule has 1 atom stereocenters. The zero-order valence-electron chi connectivity index (χ0n) is 8.47. The van der Waals surface area contributed by atoms with Crippen LogP contribution < -0.4 is 10.5 Å². The van der Waals surface area contributed by atoms with Crippen molar-refractivity contribution in [2.75, 3.05) is 6.61 Å². The quantitative estimate of drug-likeness (QED) is 0.862. The third-order valence-corrected chi connectivity index (χ3v) is 1.96. The Morgan fingerprint density at radius 1 is 1.67 bits per heavy atom. The second-order valence-electron chi connectivity index (χ2n) is 3.28. The van der Waals surface area contributed by atoms with Crippen molar-refractivity contribution in [3.8, 4) is 5.75 Å². The van der Waals surface area contributed by atoms with Crippen molar-refractivity contribution in [3.05, 3.63) is 41.2 Å². The average molecular weight is 230 g/mol. The fourth-order valence-electron chi connectivity index (χ4n) is 1.16. The van der Waals surface area contributed by atoms with E-state index in [0.29, 0.717) is 16.3 Å². The molecular formula is C11H13ClFNO. The van der Waals surface area contributed by atoms with E-state index >= 15 is 0 Å². The number of hydrogen-bond donors (Lipinski definition) is 1. The lowest BCUT2D eigenvalue weighted by Gasteiger charge is -2.13. The van der Waals surface area contributed by atoms with E-state index in [1.54, 1.807) is 6.92 Å². The van der Waals surface area contributed by atoms with Gasteiger partial charge in [0.15, 0.2) is 0 Å². The summed E-state index contributed by atoms with van der Waals surface area (Å²) in [5, 5.41) is 0.384. The molecule has 4 heteroatoms. The highest BCUT2D eigenvalue weighted by molar-refractivity contribution is 6.29. The predicted octanol–water partition coefficient (Wildman–Crippen LogP) is 2.98. The standard InChI is InChI=1S/C11H13ClFNO/c1-7(12)6-15-11-4-3-9(13)5-10(11)8(2)14/h3-5,8H,1,6,14H2,2H3/t8-/m0/s1. The molecule has 1 rings (SSSR count). The van der Waals surface area contributed by atoms with E-state index in [1.807, 2.05) is 0 Å². The smallest absolute Gasteiger partial charge is 0.124 e. The van der Waals surface area contributed by atoms with Crippen molar-refractivity contribution in [2.45, 2.75) is 13.0 Å². The summed E-state index contributed by atoms with van der Waals surface area (Å²) >= 11 is 5.57. The van der Waals surface area contributed by atoms with Crippen molar-refractivity contribution in [2.24, 2.45) is 5.73 Å². The van der Waals surface area contributed by atoms with E-state index in [2.05, 4.69) is 6.58 Å². The van der Waals surface area contributed by atoms with Crippen molar-refractivity contribution in [3.63, 3.8) is 0 Å². The third-order valence-electron chi connectivity index (χ3n) is 1.85. The fraction of sp³-hybridized carbons (Fsp3) is 0.273. The molecule has 0 bridgehead atoms. The Morgan fingerprint density at radius 3 is 2.87 bits per heavy atom. The lowest BCUT2D eigenvalue weighted by Crippen LogP contribution is -2.09. The monoisotopic (exact) mass is 229 g/mol. The summed E-state index contributed by atoms with van der Waals surface area (Å²) in [7, 11) is 0. The molecule has 0 aliphatic rings. The number of halogens is 2. The van der Waals surface area contributed by atoms with Crippen LogP contribution in [0.15, 0.2) is 29.8 Å². The van der Waals surface area contributed by atoms with Gasteiger partial charge in [0.2, 0.25) is 0 Å². The van der Waals surface area contributed by atoms with Crippen molar-refractivity contribution >= 4 is 11.6 Å². The number of ether oxygens (including phenoxy) is 1. The number of nitrogens with two attached hydrogens (primary N) is 1. The second kappa shape index (κ2) is 5.14. The molecule has 0 fully saturated rings. The molecule has 15 heavy (non-hydrogen) atoms. The van der Waals surface area contributed by atoms with Gasteiger partial charge < -0.3 is 10.5 Å². The average Bonchev–Trinajstić information content (AvgIpc) is 2.15. The maximum Gasteiger partial charge on any atom is 0.124 e. The van der Waals surface area contributed by atoms with Gasteiger partial charge in [-0.1, -0.05) is 18.2 Å². The summed E-state index contributed by atoms with van der Waals surface area (Å²) in [6.07, 6.45) is 0. The van der Waals surface area contributed by atoms with Gasteiger partial charge in [0, 0.05) is 16.6 Å². The normalized spacial score (nSPS) is 12.3. The van der Waals surface area contributed by atoms with Crippen molar-refractivity contribution in [1.29, 1.82) is 0 Å². The van der Waals surface area contributed by atoms with E-state index in [9.17, 15) is 4.39 Å². The molecule has 2 nitrogen and oxygen atoms in total. The molecule has 2 N–H and O–H groups in total.